The quantitative estimate of drug-likeness (QED) is 0.687. The Labute approximate surface area is 172 Å². The van der Waals surface area contributed by atoms with Crippen molar-refractivity contribution < 1.29 is 13.9 Å². The molecule has 1 aliphatic rings. The number of anilines is 2. The highest BCUT2D eigenvalue weighted by molar-refractivity contribution is 5.92. The number of fused-ring (bicyclic) bond motifs is 1. The van der Waals surface area contributed by atoms with Gasteiger partial charge >= 0.3 is 0 Å². The van der Waals surface area contributed by atoms with Crippen molar-refractivity contribution in [3.05, 3.63) is 47.9 Å². The molecule has 0 aliphatic carbocycles. The van der Waals surface area contributed by atoms with E-state index in [2.05, 4.69) is 15.1 Å². The second kappa shape index (κ2) is 7.29. The SMILES string of the molecule is CCN(C)c1cnc2nc(-c3cc(N4C(C)=C(C(N)=O)OC4C)ccc3F)nn2c1. The minimum Gasteiger partial charge on any atom is -0.463 e. The van der Waals surface area contributed by atoms with E-state index in [0.29, 0.717) is 17.2 Å². The lowest BCUT2D eigenvalue weighted by Gasteiger charge is -2.24. The third-order valence-corrected chi connectivity index (χ3v) is 5.13. The number of amides is 1. The van der Waals surface area contributed by atoms with Gasteiger partial charge in [0.05, 0.1) is 29.3 Å². The summed E-state index contributed by atoms with van der Waals surface area (Å²) in [6.07, 6.45) is 3.04. The summed E-state index contributed by atoms with van der Waals surface area (Å²) in [7, 11) is 1.94. The molecule has 2 N–H and O–H groups in total. The van der Waals surface area contributed by atoms with Crippen LogP contribution < -0.4 is 15.5 Å². The predicted molar refractivity (Wildman–Crippen MR) is 110 cm³/mol. The number of halogens is 1. The molecule has 4 rings (SSSR count). The van der Waals surface area contributed by atoms with Crippen LogP contribution in [0, 0.1) is 5.82 Å². The van der Waals surface area contributed by atoms with Gasteiger partial charge in [-0.15, -0.1) is 5.10 Å². The number of rotatable bonds is 5. The summed E-state index contributed by atoms with van der Waals surface area (Å²) in [6.45, 7) is 6.34. The molecule has 1 aromatic carbocycles. The second-order valence-corrected chi connectivity index (χ2v) is 7.04. The number of allylic oxidation sites excluding steroid dienone is 1. The number of benzene rings is 1. The summed E-state index contributed by atoms with van der Waals surface area (Å²) in [6, 6.07) is 4.56. The van der Waals surface area contributed by atoms with Crippen LogP contribution in [-0.4, -0.2) is 45.3 Å². The van der Waals surface area contributed by atoms with Crippen LogP contribution in [0.4, 0.5) is 15.8 Å². The molecule has 0 bridgehead atoms. The monoisotopic (exact) mass is 411 g/mol. The fourth-order valence-electron chi connectivity index (χ4n) is 3.43. The van der Waals surface area contributed by atoms with E-state index in [0.717, 1.165) is 12.2 Å². The minimum atomic E-state index is -0.648. The van der Waals surface area contributed by atoms with E-state index < -0.39 is 18.0 Å². The highest BCUT2D eigenvalue weighted by atomic mass is 19.1. The van der Waals surface area contributed by atoms with Gasteiger partial charge in [0.2, 0.25) is 5.76 Å². The normalized spacial score (nSPS) is 16.3. The van der Waals surface area contributed by atoms with Gasteiger partial charge in [-0.05, 0) is 39.0 Å². The first-order valence-electron chi connectivity index (χ1n) is 9.50. The molecular weight excluding hydrogens is 389 g/mol. The van der Waals surface area contributed by atoms with Crippen molar-refractivity contribution in [1.82, 2.24) is 19.6 Å². The van der Waals surface area contributed by atoms with Gasteiger partial charge in [-0.2, -0.15) is 4.98 Å². The Morgan fingerprint density at radius 3 is 2.83 bits per heavy atom. The molecule has 3 heterocycles. The molecule has 10 heteroatoms. The summed E-state index contributed by atoms with van der Waals surface area (Å²) in [5.41, 5.74) is 7.66. The molecule has 0 spiro atoms. The highest BCUT2D eigenvalue weighted by Gasteiger charge is 2.32. The maximum atomic E-state index is 14.7. The van der Waals surface area contributed by atoms with Gasteiger partial charge < -0.3 is 20.3 Å². The lowest BCUT2D eigenvalue weighted by molar-refractivity contribution is -0.118. The van der Waals surface area contributed by atoms with E-state index in [1.54, 1.807) is 43.3 Å². The molecule has 0 fully saturated rings. The number of carbonyl (C=O) groups is 1. The maximum Gasteiger partial charge on any atom is 0.285 e. The zero-order chi connectivity index (χ0) is 21.6. The maximum absolute atomic E-state index is 14.7. The molecular formula is C20H22FN7O2. The molecule has 3 aromatic rings. The molecule has 0 saturated carbocycles. The molecule has 0 radical (unpaired) electrons. The van der Waals surface area contributed by atoms with Crippen LogP contribution in [0.2, 0.25) is 0 Å². The van der Waals surface area contributed by atoms with Crippen molar-refractivity contribution in [3.63, 3.8) is 0 Å². The molecule has 2 aromatic heterocycles. The Morgan fingerprint density at radius 1 is 1.40 bits per heavy atom. The number of nitrogens with two attached hydrogens (primary N) is 1. The minimum absolute atomic E-state index is 0.0935. The van der Waals surface area contributed by atoms with Crippen LogP contribution in [0.3, 0.4) is 0 Å². The zero-order valence-corrected chi connectivity index (χ0v) is 17.1. The van der Waals surface area contributed by atoms with E-state index in [-0.39, 0.29) is 17.1 Å². The summed E-state index contributed by atoms with van der Waals surface area (Å²) in [5, 5.41) is 4.41. The Balaban J connectivity index is 1.76. The van der Waals surface area contributed by atoms with Gasteiger partial charge in [0, 0.05) is 19.3 Å². The van der Waals surface area contributed by atoms with Crippen molar-refractivity contribution in [1.29, 1.82) is 0 Å². The summed E-state index contributed by atoms with van der Waals surface area (Å²) in [4.78, 5) is 24.1. The molecule has 30 heavy (non-hydrogen) atoms. The Bertz CT molecular complexity index is 1170. The largest absolute Gasteiger partial charge is 0.463 e. The molecule has 1 unspecified atom stereocenters. The van der Waals surface area contributed by atoms with E-state index in [1.807, 2.05) is 18.9 Å². The topological polar surface area (TPSA) is 102 Å². The van der Waals surface area contributed by atoms with Gasteiger partial charge in [0.25, 0.3) is 11.7 Å². The van der Waals surface area contributed by atoms with E-state index in [1.165, 1.54) is 10.6 Å². The van der Waals surface area contributed by atoms with Gasteiger partial charge in [0.1, 0.15) is 5.82 Å². The standard InChI is InChI=1S/C20H22FN7O2/c1-5-26(4)14-9-23-20-24-19(25-27(20)10-14)15-8-13(6-7-16(15)21)28-11(2)17(18(22)29)30-12(28)3/h6-10,12H,5H2,1-4H3,(H2,22,29). The first kappa shape index (κ1) is 19.6. The van der Waals surface area contributed by atoms with Crippen LogP contribution >= 0.6 is 0 Å². The number of hydrogen-bond donors (Lipinski definition) is 1. The summed E-state index contributed by atoms with van der Waals surface area (Å²) >= 11 is 0. The third-order valence-electron chi connectivity index (χ3n) is 5.13. The number of primary amides is 1. The Kier molecular flexibility index (Phi) is 4.76. The molecule has 1 aliphatic heterocycles. The number of ether oxygens (including phenoxy) is 1. The first-order valence-corrected chi connectivity index (χ1v) is 9.50. The van der Waals surface area contributed by atoms with Crippen LogP contribution in [0.15, 0.2) is 42.0 Å². The van der Waals surface area contributed by atoms with E-state index in [4.69, 9.17) is 10.5 Å². The summed E-state index contributed by atoms with van der Waals surface area (Å²) < 4.78 is 21.8. The average Bonchev–Trinajstić information content (AvgIpc) is 3.27. The number of nitrogens with zero attached hydrogens (tertiary/aromatic N) is 6. The molecule has 1 amide bonds. The van der Waals surface area contributed by atoms with Crippen molar-refractivity contribution >= 4 is 23.1 Å². The van der Waals surface area contributed by atoms with E-state index >= 15 is 0 Å². The van der Waals surface area contributed by atoms with Crippen molar-refractivity contribution in [3.8, 4) is 11.4 Å². The third kappa shape index (κ3) is 3.19. The predicted octanol–water partition coefficient (Wildman–Crippen LogP) is 2.29. The van der Waals surface area contributed by atoms with Crippen LogP contribution in [0.5, 0.6) is 0 Å². The fourth-order valence-corrected chi connectivity index (χ4v) is 3.43. The van der Waals surface area contributed by atoms with Crippen LogP contribution in [-0.2, 0) is 9.53 Å². The number of aromatic nitrogens is 4. The Morgan fingerprint density at radius 2 is 2.17 bits per heavy atom. The molecule has 1 atom stereocenters. The van der Waals surface area contributed by atoms with E-state index in [9.17, 15) is 9.18 Å². The van der Waals surface area contributed by atoms with Gasteiger partial charge in [-0.3, -0.25) is 4.79 Å². The number of carbonyl (C=O) groups excluding carboxylic acids is 1. The van der Waals surface area contributed by atoms with Gasteiger partial charge in [-0.1, -0.05) is 0 Å². The molecule has 156 valence electrons. The first-order chi connectivity index (χ1) is 14.3. The van der Waals surface area contributed by atoms with Gasteiger partial charge in [0.15, 0.2) is 12.1 Å². The average molecular weight is 411 g/mol. The highest BCUT2D eigenvalue weighted by Crippen LogP contribution is 2.34. The number of hydrogen-bond acceptors (Lipinski definition) is 7. The lowest BCUT2D eigenvalue weighted by atomic mass is 10.1. The van der Waals surface area contributed by atoms with Crippen LogP contribution in [0.25, 0.3) is 17.2 Å². The molecule has 9 nitrogen and oxygen atoms in total. The Hall–Kier alpha value is -3.69. The van der Waals surface area contributed by atoms with Crippen molar-refractivity contribution in [2.75, 3.05) is 23.4 Å². The lowest BCUT2D eigenvalue weighted by Crippen LogP contribution is -2.27. The smallest absolute Gasteiger partial charge is 0.285 e. The van der Waals surface area contributed by atoms with Crippen molar-refractivity contribution in [2.45, 2.75) is 27.0 Å². The van der Waals surface area contributed by atoms with Gasteiger partial charge in [-0.25, -0.2) is 13.9 Å². The second-order valence-electron chi connectivity index (χ2n) is 7.04. The zero-order valence-electron chi connectivity index (χ0n) is 17.1. The fraction of sp³-hybridized carbons (Fsp3) is 0.300. The van der Waals surface area contributed by atoms with Crippen molar-refractivity contribution in [2.24, 2.45) is 5.73 Å². The van der Waals surface area contributed by atoms with Crippen LogP contribution in [0.1, 0.15) is 20.8 Å². The summed E-state index contributed by atoms with van der Waals surface area (Å²) in [5.74, 6) is -0.443. The molecule has 0 saturated heterocycles.